The second kappa shape index (κ2) is 8.46. The molecule has 0 aliphatic rings. The molecule has 0 radical (unpaired) electrons. The van der Waals surface area contributed by atoms with Crippen LogP contribution in [-0.4, -0.2) is 37.6 Å². The Morgan fingerprint density at radius 3 is 2.40 bits per heavy atom. The summed E-state index contributed by atoms with van der Waals surface area (Å²) in [5, 5.41) is 0. The van der Waals surface area contributed by atoms with Crippen molar-refractivity contribution in [1.29, 1.82) is 0 Å². The Hall–Kier alpha value is -1.71. The van der Waals surface area contributed by atoms with Gasteiger partial charge in [-0.25, -0.2) is 0 Å². The van der Waals surface area contributed by atoms with Gasteiger partial charge in [0, 0.05) is 18.7 Å². The average molecular weight is 279 g/mol. The Labute approximate surface area is 121 Å². The van der Waals surface area contributed by atoms with Crippen LogP contribution in [0.15, 0.2) is 18.2 Å². The van der Waals surface area contributed by atoms with E-state index in [-0.39, 0.29) is 5.91 Å². The minimum Gasteiger partial charge on any atom is -0.493 e. The first-order valence-corrected chi connectivity index (χ1v) is 7.27. The van der Waals surface area contributed by atoms with E-state index in [0.717, 1.165) is 12.8 Å². The predicted octanol–water partition coefficient (Wildman–Crippen LogP) is 3.36. The zero-order valence-corrected chi connectivity index (χ0v) is 12.9. The lowest BCUT2D eigenvalue weighted by Crippen LogP contribution is -2.30. The van der Waals surface area contributed by atoms with Crippen molar-refractivity contribution in [2.45, 2.75) is 33.6 Å². The van der Waals surface area contributed by atoms with Crippen LogP contribution in [0, 0.1) is 0 Å². The summed E-state index contributed by atoms with van der Waals surface area (Å²) in [6.07, 6.45) is 2.09. The van der Waals surface area contributed by atoms with E-state index >= 15 is 0 Å². The lowest BCUT2D eigenvalue weighted by molar-refractivity contribution is 0.0772. The molecule has 0 saturated carbocycles. The first kappa shape index (κ1) is 16.3. The third kappa shape index (κ3) is 4.15. The van der Waals surface area contributed by atoms with Crippen molar-refractivity contribution >= 4 is 5.91 Å². The number of methoxy groups -OCH3 is 1. The summed E-state index contributed by atoms with van der Waals surface area (Å²) in [6, 6.07) is 5.36. The smallest absolute Gasteiger partial charge is 0.253 e. The highest BCUT2D eigenvalue weighted by atomic mass is 16.5. The summed E-state index contributed by atoms with van der Waals surface area (Å²) in [7, 11) is 1.59. The summed E-state index contributed by atoms with van der Waals surface area (Å²) < 4.78 is 11.0. The molecule has 1 aromatic carbocycles. The summed E-state index contributed by atoms with van der Waals surface area (Å²) in [6.45, 7) is 8.13. The van der Waals surface area contributed by atoms with Crippen LogP contribution in [0.2, 0.25) is 0 Å². The second-order valence-corrected chi connectivity index (χ2v) is 4.55. The Bertz CT molecular complexity index is 428. The zero-order valence-electron chi connectivity index (χ0n) is 12.9. The average Bonchev–Trinajstić information content (AvgIpc) is 2.48. The molecular weight excluding hydrogens is 254 g/mol. The number of rotatable bonds is 8. The van der Waals surface area contributed by atoms with Gasteiger partial charge in [-0.3, -0.25) is 4.79 Å². The van der Waals surface area contributed by atoms with E-state index in [4.69, 9.17) is 9.47 Å². The molecule has 0 saturated heterocycles. The highest BCUT2D eigenvalue weighted by Gasteiger charge is 2.15. The fraction of sp³-hybridized carbons (Fsp3) is 0.562. The molecule has 1 amide bonds. The van der Waals surface area contributed by atoms with Crippen molar-refractivity contribution in [3.8, 4) is 11.5 Å². The number of unbranched alkanes of at least 4 members (excludes halogenated alkanes) is 1. The van der Waals surface area contributed by atoms with E-state index in [1.54, 1.807) is 24.1 Å². The highest BCUT2D eigenvalue weighted by Crippen LogP contribution is 2.28. The number of ether oxygens (including phenoxy) is 2. The molecule has 0 atom stereocenters. The normalized spacial score (nSPS) is 10.2. The second-order valence-electron chi connectivity index (χ2n) is 4.55. The predicted molar refractivity (Wildman–Crippen MR) is 80.6 cm³/mol. The molecule has 0 aliphatic carbocycles. The van der Waals surface area contributed by atoms with Crippen LogP contribution in [0.5, 0.6) is 11.5 Å². The van der Waals surface area contributed by atoms with Gasteiger partial charge in [-0.2, -0.15) is 0 Å². The highest BCUT2D eigenvalue weighted by molar-refractivity contribution is 5.94. The molecule has 0 fully saturated rings. The van der Waals surface area contributed by atoms with E-state index in [2.05, 4.69) is 6.92 Å². The molecule has 0 N–H and O–H groups in total. The first-order valence-electron chi connectivity index (χ1n) is 7.27. The number of carbonyl (C=O) groups excluding carboxylic acids is 1. The molecule has 0 unspecified atom stereocenters. The van der Waals surface area contributed by atoms with E-state index < -0.39 is 0 Å². The van der Waals surface area contributed by atoms with Crippen LogP contribution >= 0.6 is 0 Å². The standard InChI is InChI=1S/C16H25NO3/c1-5-8-11-20-14-10-9-13(12-15(14)19-4)16(18)17(6-2)7-3/h9-10,12H,5-8,11H2,1-4H3. The Morgan fingerprint density at radius 1 is 1.15 bits per heavy atom. The van der Waals surface area contributed by atoms with Gasteiger partial charge in [-0.1, -0.05) is 13.3 Å². The summed E-state index contributed by atoms with van der Waals surface area (Å²) in [4.78, 5) is 14.1. The van der Waals surface area contributed by atoms with Gasteiger partial charge >= 0.3 is 0 Å². The Kier molecular flexibility index (Phi) is 6.91. The zero-order chi connectivity index (χ0) is 15.0. The van der Waals surface area contributed by atoms with Gasteiger partial charge in [0.15, 0.2) is 11.5 Å². The Morgan fingerprint density at radius 2 is 1.85 bits per heavy atom. The fourth-order valence-electron chi connectivity index (χ4n) is 1.94. The van der Waals surface area contributed by atoms with Crippen molar-refractivity contribution < 1.29 is 14.3 Å². The van der Waals surface area contributed by atoms with Crippen molar-refractivity contribution in [3.05, 3.63) is 23.8 Å². The molecule has 0 bridgehead atoms. The number of carbonyl (C=O) groups is 1. The van der Waals surface area contributed by atoms with E-state index in [1.807, 2.05) is 19.9 Å². The molecule has 20 heavy (non-hydrogen) atoms. The van der Waals surface area contributed by atoms with Crippen LogP contribution < -0.4 is 9.47 Å². The molecule has 0 aliphatic heterocycles. The third-order valence-corrected chi connectivity index (χ3v) is 3.22. The van der Waals surface area contributed by atoms with Gasteiger partial charge in [0.05, 0.1) is 13.7 Å². The van der Waals surface area contributed by atoms with Crippen molar-refractivity contribution in [3.63, 3.8) is 0 Å². The fourth-order valence-corrected chi connectivity index (χ4v) is 1.94. The molecule has 0 spiro atoms. The summed E-state index contributed by atoms with van der Waals surface area (Å²) in [5.41, 5.74) is 0.633. The van der Waals surface area contributed by atoms with Crippen molar-refractivity contribution in [2.75, 3.05) is 26.8 Å². The maximum Gasteiger partial charge on any atom is 0.253 e. The van der Waals surface area contributed by atoms with Gasteiger partial charge in [-0.05, 0) is 38.5 Å². The van der Waals surface area contributed by atoms with E-state index in [1.165, 1.54) is 0 Å². The van der Waals surface area contributed by atoms with Crippen molar-refractivity contribution in [2.24, 2.45) is 0 Å². The lowest BCUT2D eigenvalue weighted by atomic mass is 10.1. The van der Waals surface area contributed by atoms with E-state index in [0.29, 0.717) is 36.8 Å². The van der Waals surface area contributed by atoms with Gasteiger partial charge < -0.3 is 14.4 Å². The maximum absolute atomic E-state index is 12.3. The van der Waals surface area contributed by atoms with Gasteiger partial charge in [0.1, 0.15) is 0 Å². The minimum absolute atomic E-state index is 0.0217. The Balaban J connectivity index is 2.88. The first-order chi connectivity index (χ1) is 9.67. The van der Waals surface area contributed by atoms with Gasteiger partial charge in [-0.15, -0.1) is 0 Å². The molecule has 1 rings (SSSR count). The monoisotopic (exact) mass is 279 g/mol. The number of nitrogens with zero attached hydrogens (tertiary/aromatic N) is 1. The van der Waals surface area contributed by atoms with Crippen LogP contribution in [0.1, 0.15) is 44.0 Å². The van der Waals surface area contributed by atoms with Crippen LogP contribution in [0.4, 0.5) is 0 Å². The molecular formula is C16H25NO3. The summed E-state index contributed by atoms with van der Waals surface area (Å²) >= 11 is 0. The molecule has 0 heterocycles. The number of amides is 1. The quantitative estimate of drug-likeness (QED) is 0.685. The van der Waals surface area contributed by atoms with Gasteiger partial charge in [0.2, 0.25) is 0 Å². The van der Waals surface area contributed by atoms with Gasteiger partial charge in [0.25, 0.3) is 5.91 Å². The molecule has 4 nitrogen and oxygen atoms in total. The maximum atomic E-state index is 12.3. The molecule has 4 heteroatoms. The number of benzene rings is 1. The van der Waals surface area contributed by atoms with E-state index in [9.17, 15) is 4.79 Å². The van der Waals surface area contributed by atoms with Crippen LogP contribution in [0.3, 0.4) is 0 Å². The SMILES string of the molecule is CCCCOc1ccc(C(=O)N(CC)CC)cc1OC. The van der Waals surface area contributed by atoms with Crippen molar-refractivity contribution in [1.82, 2.24) is 4.90 Å². The number of hydrogen-bond donors (Lipinski definition) is 0. The third-order valence-electron chi connectivity index (χ3n) is 3.22. The topological polar surface area (TPSA) is 38.8 Å². The molecule has 112 valence electrons. The van der Waals surface area contributed by atoms with Crippen LogP contribution in [0.25, 0.3) is 0 Å². The summed E-state index contributed by atoms with van der Waals surface area (Å²) in [5.74, 6) is 1.32. The largest absolute Gasteiger partial charge is 0.493 e. The molecule has 1 aromatic rings. The lowest BCUT2D eigenvalue weighted by Gasteiger charge is -2.19. The minimum atomic E-state index is 0.0217. The molecule has 0 aromatic heterocycles. The van der Waals surface area contributed by atoms with Crippen LogP contribution in [-0.2, 0) is 0 Å². The number of hydrogen-bond acceptors (Lipinski definition) is 3.